The van der Waals surface area contributed by atoms with E-state index in [1.165, 1.54) is 23.1 Å². The molecular weight excluding hydrogens is 426 g/mol. The number of carbonyl (C=O) groups is 1. The van der Waals surface area contributed by atoms with Gasteiger partial charge in [0.25, 0.3) is 0 Å². The molecule has 1 N–H and O–H groups in total. The van der Waals surface area contributed by atoms with E-state index < -0.39 is 0 Å². The predicted molar refractivity (Wildman–Crippen MR) is 124 cm³/mol. The molecule has 2 aromatic carbocycles. The first kappa shape index (κ1) is 19.7. The fourth-order valence-corrected chi connectivity index (χ4v) is 5.09. The minimum atomic E-state index is -0.270. The van der Waals surface area contributed by atoms with Crippen molar-refractivity contribution < 1.29 is 4.79 Å². The van der Waals surface area contributed by atoms with Crippen molar-refractivity contribution >= 4 is 45.6 Å². The van der Waals surface area contributed by atoms with Crippen molar-refractivity contribution in [3.05, 3.63) is 88.4 Å². The number of thiazole rings is 1. The number of amides is 1. The molecule has 0 aliphatic rings. The van der Waals surface area contributed by atoms with E-state index in [4.69, 9.17) is 0 Å². The number of hydrogen-bond donors (Lipinski definition) is 1. The second kappa shape index (κ2) is 8.49. The number of nitrogens with one attached hydrogen (secondary N) is 1. The van der Waals surface area contributed by atoms with E-state index >= 15 is 0 Å². The van der Waals surface area contributed by atoms with Gasteiger partial charge in [-0.2, -0.15) is 0 Å². The van der Waals surface area contributed by atoms with Crippen molar-refractivity contribution in [3.8, 4) is 0 Å². The largest absolute Gasteiger partial charge is 0.342 e. The minimum absolute atomic E-state index is 0.0813. The number of para-hydroxylation sites is 1. The Hall–Kier alpha value is -3.23. The molecule has 0 aliphatic heterocycles. The lowest BCUT2D eigenvalue weighted by Gasteiger charge is -2.17. The Bertz CT molecular complexity index is 1350. The molecule has 5 rings (SSSR count). The highest BCUT2D eigenvalue weighted by atomic mass is 32.2. The first-order chi connectivity index (χ1) is 15.2. The van der Waals surface area contributed by atoms with Crippen LogP contribution in [0.3, 0.4) is 0 Å². The summed E-state index contributed by atoms with van der Waals surface area (Å²) in [7, 11) is 0. The van der Waals surface area contributed by atoms with Crippen LogP contribution in [0.2, 0.25) is 0 Å². The fourth-order valence-electron chi connectivity index (χ4n) is 3.61. The van der Waals surface area contributed by atoms with Crippen LogP contribution >= 0.6 is 23.1 Å². The summed E-state index contributed by atoms with van der Waals surface area (Å²) in [6, 6.07) is 19.8. The number of hydrogen-bond acceptors (Lipinski definition) is 6. The number of nitrogens with zero attached hydrogens (tertiary/aromatic N) is 4. The molecule has 0 saturated heterocycles. The van der Waals surface area contributed by atoms with Crippen molar-refractivity contribution in [2.45, 2.75) is 18.1 Å². The number of thioether (sulfide) groups is 1. The van der Waals surface area contributed by atoms with Gasteiger partial charge in [0.2, 0.25) is 5.91 Å². The van der Waals surface area contributed by atoms with Gasteiger partial charge in [-0.1, -0.05) is 60.3 Å². The highest BCUT2D eigenvalue weighted by molar-refractivity contribution is 7.99. The maximum Gasteiger partial charge on any atom is 0.231 e. The summed E-state index contributed by atoms with van der Waals surface area (Å²) >= 11 is 2.91. The van der Waals surface area contributed by atoms with Crippen LogP contribution < -0.4 is 5.32 Å². The van der Waals surface area contributed by atoms with Crippen molar-refractivity contribution in [2.75, 3.05) is 5.75 Å². The topological polar surface area (TPSA) is 72.2 Å². The van der Waals surface area contributed by atoms with Crippen LogP contribution in [-0.4, -0.2) is 31.2 Å². The summed E-state index contributed by atoms with van der Waals surface area (Å²) in [5.74, 6) is 0.153. The second-order valence-electron chi connectivity index (χ2n) is 7.09. The number of aryl methyl sites for hydroxylation is 1. The lowest BCUT2D eigenvalue weighted by atomic mass is 10.1. The highest BCUT2D eigenvalue weighted by Crippen LogP contribution is 2.27. The molecule has 0 aliphatic carbocycles. The Balaban J connectivity index is 1.38. The Morgan fingerprint density at radius 2 is 1.94 bits per heavy atom. The number of pyridine rings is 1. The molecule has 1 amide bonds. The summed E-state index contributed by atoms with van der Waals surface area (Å²) in [4.78, 5) is 17.3. The van der Waals surface area contributed by atoms with Gasteiger partial charge in [-0.15, -0.1) is 21.5 Å². The standard InChI is InChI=1S/C23H19N5OS2/c1-15-13-19-26-27-23(28(19)18-10-6-5-9-17(15)18)31-14-20(29)25-21(22-24-11-12-30-22)16-7-3-2-4-8-16/h2-13,21H,14H2,1H3,(H,25,29). The maximum absolute atomic E-state index is 12.9. The number of aromatic nitrogens is 4. The second-order valence-corrected chi connectivity index (χ2v) is 8.96. The molecule has 0 radical (unpaired) electrons. The van der Waals surface area contributed by atoms with E-state index in [0.29, 0.717) is 5.16 Å². The van der Waals surface area contributed by atoms with E-state index in [1.54, 1.807) is 6.20 Å². The average Bonchev–Trinajstić information content (AvgIpc) is 3.47. The van der Waals surface area contributed by atoms with Gasteiger partial charge in [-0.3, -0.25) is 9.20 Å². The lowest BCUT2D eigenvalue weighted by Crippen LogP contribution is -2.30. The number of carbonyl (C=O) groups excluding carboxylic acids is 1. The average molecular weight is 446 g/mol. The molecule has 0 saturated carbocycles. The van der Waals surface area contributed by atoms with E-state index in [1.807, 2.05) is 58.3 Å². The summed E-state index contributed by atoms with van der Waals surface area (Å²) in [5, 5.41) is 16.4. The molecule has 31 heavy (non-hydrogen) atoms. The third-order valence-electron chi connectivity index (χ3n) is 5.04. The van der Waals surface area contributed by atoms with E-state index in [0.717, 1.165) is 32.7 Å². The molecule has 6 nitrogen and oxygen atoms in total. The zero-order valence-electron chi connectivity index (χ0n) is 16.7. The number of rotatable bonds is 6. The molecule has 3 heterocycles. The van der Waals surface area contributed by atoms with Gasteiger partial charge >= 0.3 is 0 Å². The molecule has 0 bridgehead atoms. The van der Waals surface area contributed by atoms with Crippen molar-refractivity contribution in [1.82, 2.24) is 24.9 Å². The van der Waals surface area contributed by atoms with Gasteiger partial charge in [0, 0.05) is 17.0 Å². The first-order valence-electron chi connectivity index (χ1n) is 9.80. The predicted octanol–water partition coefficient (Wildman–Crippen LogP) is 4.65. The van der Waals surface area contributed by atoms with Crippen LogP contribution in [0.25, 0.3) is 16.6 Å². The summed E-state index contributed by atoms with van der Waals surface area (Å²) < 4.78 is 2.01. The molecule has 3 aromatic heterocycles. The highest BCUT2D eigenvalue weighted by Gasteiger charge is 2.20. The Kier molecular flexibility index (Phi) is 5.40. The Morgan fingerprint density at radius 3 is 2.74 bits per heavy atom. The third-order valence-corrected chi connectivity index (χ3v) is 6.81. The van der Waals surface area contributed by atoms with Gasteiger partial charge < -0.3 is 5.32 Å². The van der Waals surface area contributed by atoms with Crippen molar-refractivity contribution in [1.29, 1.82) is 0 Å². The summed E-state index contributed by atoms with van der Waals surface area (Å²) in [6.07, 6.45) is 1.76. The zero-order valence-corrected chi connectivity index (χ0v) is 18.4. The number of fused-ring (bicyclic) bond motifs is 3. The van der Waals surface area contributed by atoms with Gasteiger partial charge in [-0.05, 0) is 30.2 Å². The first-order valence-corrected chi connectivity index (χ1v) is 11.7. The van der Waals surface area contributed by atoms with Gasteiger partial charge in [0.05, 0.1) is 11.3 Å². The van der Waals surface area contributed by atoms with Crippen LogP contribution in [0.15, 0.2) is 77.4 Å². The van der Waals surface area contributed by atoms with E-state index in [9.17, 15) is 4.79 Å². The quantitative estimate of drug-likeness (QED) is 0.385. The lowest BCUT2D eigenvalue weighted by molar-refractivity contribution is -0.119. The fraction of sp³-hybridized carbons (Fsp3) is 0.130. The maximum atomic E-state index is 12.9. The van der Waals surface area contributed by atoms with Crippen molar-refractivity contribution in [3.63, 3.8) is 0 Å². The van der Waals surface area contributed by atoms with Crippen LogP contribution in [0.5, 0.6) is 0 Å². The normalized spacial score (nSPS) is 12.3. The molecule has 1 unspecified atom stereocenters. The summed E-state index contributed by atoms with van der Waals surface area (Å²) in [5.41, 5.74) is 3.98. The van der Waals surface area contributed by atoms with Gasteiger partial charge in [0.15, 0.2) is 10.8 Å². The molecular formula is C23H19N5OS2. The Labute approximate surface area is 187 Å². The molecule has 154 valence electrons. The van der Waals surface area contributed by atoms with E-state index in [-0.39, 0.29) is 17.7 Å². The van der Waals surface area contributed by atoms with Crippen LogP contribution in [0.4, 0.5) is 0 Å². The molecule has 8 heteroatoms. The summed E-state index contributed by atoms with van der Waals surface area (Å²) in [6.45, 7) is 2.07. The number of benzene rings is 2. The van der Waals surface area contributed by atoms with Gasteiger partial charge in [0.1, 0.15) is 11.0 Å². The zero-order chi connectivity index (χ0) is 21.2. The van der Waals surface area contributed by atoms with Crippen LogP contribution in [0, 0.1) is 6.92 Å². The molecule has 1 atom stereocenters. The van der Waals surface area contributed by atoms with Crippen LogP contribution in [0.1, 0.15) is 22.2 Å². The monoisotopic (exact) mass is 445 g/mol. The molecule has 5 aromatic rings. The minimum Gasteiger partial charge on any atom is -0.342 e. The smallest absolute Gasteiger partial charge is 0.231 e. The SMILES string of the molecule is Cc1cc2nnc(SCC(=O)NC(c3ccccc3)c3nccs3)n2c2ccccc12. The van der Waals surface area contributed by atoms with E-state index in [2.05, 4.69) is 39.6 Å². The molecule has 0 spiro atoms. The van der Waals surface area contributed by atoms with Gasteiger partial charge in [-0.25, -0.2) is 4.98 Å². The van der Waals surface area contributed by atoms with Crippen molar-refractivity contribution in [2.24, 2.45) is 0 Å². The van der Waals surface area contributed by atoms with Crippen LogP contribution in [-0.2, 0) is 4.79 Å². The Morgan fingerprint density at radius 1 is 1.13 bits per heavy atom. The molecule has 0 fully saturated rings. The third kappa shape index (κ3) is 3.92.